The first-order valence-electron chi connectivity index (χ1n) is 9.86. The lowest BCUT2D eigenvalue weighted by Gasteiger charge is -2.12. The average Bonchev–Trinajstić information content (AvgIpc) is 3.30. The third kappa shape index (κ3) is 7.72. The molecule has 1 aliphatic carbocycles. The molecule has 0 amide bonds. The Labute approximate surface area is 160 Å². The maximum Gasteiger partial charge on any atom is 0.306 e. The van der Waals surface area contributed by atoms with Crippen molar-refractivity contribution in [3.8, 4) is 0 Å². The van der Waals surface area contributed by atoms with Gasteiger partial charge in [0.1, 0.15) is 6.10 Å². The number of aliphatic imine (C=N–C) groups is 1. The molecule has 0 spiro atoms. The van der Waals surface area contributed by atoms with Crippen LogP contribution in [0.2, 0.25) is 0 Å². The van der Waals surface area contributed by atoms with Crippen LogP contribution in [0.4, 0.5) is 0 Å². The molecular formula is C19H32N4O2S. The van der Waals surface area contributed by atoms with Crippen molar-refractivity contribution in [2.45, 2.75) is 71.3 Å². The molecule has 2 N–H and O–H groups in total. The molecule has 0 atom stereocenters. The zero-order valence-electron chi connectivity index (χ0n) is 16.1. The van der Waals surface area contributed by atoms with Crippen LogP contribution in [0.3, 0.4) is 0 Å². The van der Waals surface area contributed by atoms with Gasteiger partial charge in [-0.2, -0.15) is 0 Å². The van der Waals surface area contributed by atoms with Gasteiger partial charge in [-0.25, -0.2) is 4.98 Å². The van der Waals surface area contributed by atoms with Crippen molar-refractivity contribution in [2.75, 3.05) is 19.6 Å². The fourth-order valence-electron chi connectivity index (χ4n) is 2.92. The Balaban J connectivity index is 1.64. The van der Waals surface area contributed by atoms with Crippen LogP contribution in [-0.4, -0.2) is 42.7 Å². The van der Waals surface area contributed by atoms with E-state index in [2.05, 4.69) is 27.5 Å². The van der Waals surface area contributed by atoms with Crippen molar-refractivity contribution in [2.24, 2.45) is 4.99 Å². The fourth-order valence-corrected chi connectivity index (χ4v) is 3.78. The molecule has 1 heterocycles. The monoisotopic (exact) mass is 380 g/mol. The SMILES string of the molecule is CCNC(=NCCCC(=O)OC1CCCC1)NCCc1ncc(CC)s1. The molecule has 1 aromatic rings. The summed E-state index contributed by atoms with van der Waals surface area (Å²) in [4.78, 5) is 22.1. The number of thiazole rings is 1. The van der Waals surface area contributed by atoms with Crippen molar-refractivity contribution < 1.29 is 9.53 Å². The minimum absolute atomic E-state index is 0.0828. The molecule has 0 unspecified atom stereocenters. The molecule has 146 valence electrons. The molecule has 0 bridgehead atoms. The van der Waals surface area contributed by atoms with E-state index in [-0.39, 0.29) is 12.1 Å². The minimum Gasteiger partial charge on any atom is -0.462 e. The smallest absolute Gasteiger partial charge is 0.306 e. The summed E-state index contributed by atoms with van der Waals surface area (Å²) in [5.74, 6) is 0.712. The van der Waals surface area contributed by atoms with E-state index in [9.17, 15) is 4.79 Å². The summed E-state index contributed by atoms with van der Waals surface area (Å²) < 4.78 is 5.47. The van der Waals surface area contributed by atoms with Crippen molar-refractivity contribution in [3.05, 3.63) is 16.1 Å². The summed E-state index contributed by atoms with van der Waals surface area (Å²) in [6, 6.07) is 0. The van der Waals surface area contributed by atoms with E-state index in [0.29, 0.717) is 19.4 Å². The van der Waals surface area contributed by atoms with Gasteiger partial charge < -0.3 is 15.4 Å². The first kappa shape index (κ1) is 20.7. The first-order valence-corrected chi connectivity index (χ1v) is 10.7. The summed E-state index contributed by atoms with van der Waals surface area (Å²) in [6.45, 7) is 6.42. The molecule has 0 aliphatic heterocycles. The van der Waals surface area contributed by atoms with Crippen molar-refractivity contribution in [1.29, 1.82) is 0 Å². The molecule has 6 nitrogen and oxygen atoms in total. The van der Waals surface area contributed by atoms with E-state index >= 15 is 0 Å². The molecule has 1 fully saturated rings. The van der Waals surface area contributed by atoms with Crippen LogP contribution >= 0.6 is 11.3 Å². The molecule has 1 aromatic heterocycles. The van der Waals surface area contributed by atoms with Gasteiger partial charge in [-0.15, -0.1) is 11.3 Å². The molecule has 1 saturated carbocycles. The minimum atomic E-state index is -0.0828. The molecule has 0 saturated heterocycles. The van der Waals surface area contributed by atoms with Gasteiger partial charge in [-0.05, 0) is 45.4 Å². The molecule has 0 radical (unpaired) electrons. The Morgan fingerprint density at radius 2 is 2.15 bits per heavy atom. The van der Waals surface area contributed by atoms with E-state index < -0.39 is 0 Å². The van der Waals surface area contributed by atoms with Gasteiger partial charge in [0, 0.05) is 43.5 Å². The van der Waals surface area contributed by atoms with Gasteiger partial charge in [0.25, 0.3) is 0 Å². The number of ether oxygens (including phenoxy) is 1. The highest BCUT2D eigenvalue weighted by Crippen LogP contribution is 2.21. The van der Waals surface area contributed by atoms with Gasteiger partial charge in [-0.3, -0.25) is 9.79 Å². The Bertz CT molecular complexity index is 568. The summed E-state index contributed by atoms with van der Waals surface area (Å²) >= 11 is 1.77. The number of carbonyl (C=O) groups excluding carboxylic acids is 1. The number of nitrogens with one attached hydrogen (secondary N) is 2. The maximum atomic E-state index is 11.8. The number of aromatic nitrogens is 1. The van der Waals surface area contributed by atoms with Gasteiger partial charge in [0.05, 0.1) is 5.01 Å². The molecular weight excluding hydrogens is 348 g/mol. The van der Waals surface area contributed by atoms with E-state index in [1.165, 1.54) is 17.7 Å². The van der Waals surface area contributed by atoms with Crippen LogP contribution in [0.25, 0.3) is 0 Å². The van der Waals surface area contributed by atoms with Crippen LogP contribution in [0.1, 0.15) is 62.3 Å². The maximum absolute atomic E-state index is 11.8. The first-order chi connectivity index (χ1) is 12.7. The van der Waals surface area contributed by atoms with E-state index in [0.717, 1.165) is 49.7 Å². The van der Waals surface area contributed by atoms with Crippen molar-refractivity contribution >= 4 is 23.3 Å². The number of hydrogen-bond acceptors (Lipinski definition) is 5. The van der Waals surface area contributed by atoms with Gasteiger partial charge in [0.15, 0.2) is 5.96 Å². The van der Waals surface area contributed by atoms with Crippen LogP contribution in [-0.2, 0) is 22.4 Å². The van der Waals surface area contributed by atoms with Gasteiger partial charge in [-0.1, -0.05) is 6.92 Å². The number of hydrogen-bond donors (Lipinski definition) is 2. The predicted molar refractivity (Wildman–Crippen MR) is 107 cm³/mol. The topological polar surface area (TPSA) is 75.6 Å². The summed E-state index contributed by atoms with van der Waals surface area (Å²) in [6.07, 6.45) is 9.62. The van der Waals surface area contributed by atoms with Crippen LogP contribution < -0.4 is 10.6 Å². The zero-order chi connectivity index (χ0) is 18.6. The number of guanidine groups is 1. The van der Waals surface area contributed by atoms with E-state index in [1.54, 1.807) is 11.3 Å². The summed E-state index contributed by atoms with van der Waals surface area (Å²) in [5.41, 5.74) is 0. The fraction of sp³-hybridized carbons (Fsp3) is 0.737. The standard InChI is InChI=1S/C19H32N4O2S/c1-3-16-14-23-17(26-16)11-13-22-19(20-4-2)21-12-7-10-18(24)25-15-8-5-6-9-15/h14-15H,3-13H2,1-2H3,(H2,20,21,22). The van der Waals surface area contributed by atoms with Crippen LogP contribution in [0.5, 0.6) is 0 Å². The largest absolute Gasteiger partial charge is 0.462 e. The normalized spacial score (nSPS) is 15.2. The third-order valence-corrected chi connectivity index (χ3v) is 5.54. The van der Waals surface area contributed by atoms with Gasteiger partial charge >= 0.3 is 5.97 Å². The van der Waals surface area contributed by atoms with Crippen LogP contribution in [0.15, 0.2) is 11.2 Å². The molecule has 26 heavy (non-hydrogen) atoms. The summed E-state index contributed by atoms with van der Waals surface area (Å²) in [5, 5.41) is 7.72. The van der Waals surface area contributed by atoms with E-state index in [4.69, 9.17) is 4.74 Å². The number of nitrogens with zero attached hydrogens (tertiary/aromatic N) is 2. The van der Waals surface area contributed by atoms with E-state index in [1.807, 2.05) is 13.1 Å². The zero-order valence-corrected chi connectivity index (χ0v) is 16.9. The molecule has 7 heteroatoms. The highest BCUT2D eigenvalue weighted by molar-refractivity contribution is 7.11. The third-order valence-electron chi connectivity index (χ3n) is 4.33. The Morgan fingerprint density at radius 3 is 2.85 bits per heavy atom. The molecule has 2 rings (SSSR count). The Kier molecular flexibility index (Phi) is 9.45. The second-order valence-electron chi connectivity index (χ2n) is 6.51. The number of aryl methyl sites for hydroxylation is 1. The van der Waals surface area contributed by atoms with Gasteiger partial charge in [0.2, 0.25) is 0 Å². The molecule has 1 aliphatic rings. The number of esters is 1. The van der Waals surface area contributed by atoms with Crippen LogP contribution in [0, 0.1) is 0 Å². The number of rotatable bonds is 10. The lowest BCUT2D eigenvalue weighted by atomic mass is 10.3. The second-order valence-corrected chi connectivity index (χ2v) is 7.71. The highest BCUT2D eigenvalue weighted by atomic mass is 32.1. The summed E-state index contributed by atoms with van der Waals surface area (Å²) in [7, 11) is 0. The Morgan fingerprint density at radius 1 is 1.35 bits per heavy atom. The highest BCUT2D eigenvalue weighted by Gasteiger charge is 2.18. The predicted octanol–water partition coefficient (Wildman–Crippen LogP) is 3.07. The lowest BCUT2D eigenvalue weighted by molar-refractivity contribution is -0.148. The van der Waals surface area contributed by atoms with Crippen molar-refractivity contribution in [3.63, 3.8) is 0 Å². The number of carbonyl (C=O) groups is 1. The Hall–Kier alpha value is -1.63. The molecule has 0 aromatic carbocycles. The average molecular weight is 381 g/mol. The quantitative estimate of drug-likeness (QED) is 0.282. The second kappa shape index (κ2) is 11.9. The lowest BCUT2D eigenvalue weighted by Crippen LogP contribution is -2.38. The van der Waals surface area contributed by atoms with Crippen molar-refractivity contribution in [1.82, 2.24) is 15.6 Å².